The molecule has 0 aliphatic heterocycles. The molecule has 17 heavy (non-hydrogen) atoms. The second kappa shape index (κ2) is 4.65. The van der Waals surface area contributed by atoms with Crippen LogP contribution < -0.4 is 5.73 Å². The Balaban J connectivity index is 2.16. The van der Waals surface area contributed by atoms with Crippen LogP contribution in [0.5, 0.6) is 0 Å². The van der Waals surface area contributed by atoms with E-state index in [4.69, 9.17) is 5.73 Å². The highest BCUT2D eigenvalue weighted by atomic mass is 16.3. The number of nitrogens with zero attached hydrogens (tertiary/aromatic N) is 1. The topological polar surface area (TPSA) is 59.1 Å². The van der Waals surface area contributed by atoms with Gasteiger partial charge in [0.15, 0.2) is 0 Å². The minimum absolute atomic E-state index is 0.339. The van der Waals surface area contributed by atoms with Gasteiger partial charge in [0.1, 0.15) is 5.82 Å². The number of nitrogens with two attached hydrogens (primary N) is 1. The van der Waals surface area contributed by atoms with Crippen LogP contribution >= 0.6 is 0 Å². The SMILES string of the molecule is CC1CCCC(O)(Cc2ccnc(N)c2)C1C. The summed E-state index contributed by atoms with van der Waals surface area (Å²) in [5.74, 6) is 1.46. The molecule has 1 aromatic rings. The Morgan fingerprint density at radius 2 is 2.29 bits per heavy atom. The fourth-order valence-corrected chi connectivity index (χ4v) is 2.94. The van der Waals surface area contributed by atoms with E-state index in [1.807, 2.05) is 12.1 Å². The largest absolute Gasteiger partial charge is 0.389 e. The molecule has 3 N–H and O–H groups in total. The van der Waals surface area contributed by atoms with Gasteiger partial charge in [-0.05, 0) is 36.0 Å². The molecule has 1 aliphatic rings. The second-order valence-corrected chi connectivity index (χ2v) is 5.53. The van der Waals surface area contributed by atoms with E-state index in [0.717, 1.165) is 18.4 Å². The highest BCUT2D eigenvalue weighted by Gasteiger charge is 2.39. The molecule has 1 aromatic heterocycles. The quantitative estimate of drug-likeness (QED) is 0.826. The number of anilines is 1. The van der Waals surface area contributed by atoms with E-state index < -0.39 is 5.60 Å². The van der Waals surface area contributed by atoms with Crippen molar-refractivity contribution in [3.63, 3.8) is 0 Å². The first-order chi connectivity index (χ1) is 8.01. The average Bonchev–Trinajstić information content (AvgIpc) is 2.26. The van der Waals surface area contributed by atoms with Crippen molar-refractivity contribution >= 4 is 5.82 Å². The lowest BCUT2D eigenvalue weighted by Crippen LogP contribution is -2.44. The Hall–Kier alpha value is -1.09. The van der Waals surface area contributed by atoms with Crippen LogP contribution in [0.1, 0.15) is 38.7 Å². The van der Waals surface area contributed by atoms with Crippen LogP contribution in [0.4, 0.5) is 5.82 Å². The standard InChI is InChI=1S/C14H22N2O/c1-10-4-3-6-14(17,11(10)2)9-12-5-7-16-13(15)8-12/h5,7-8,10-11,17H,3-4,6,9H2,1-2H3,(H2,15,16). The van der Waals surface area contributed by atoms with Crippen molar-refractivity contribution in [2.75, 3.05) is 5.73 Å². The highest BCUT2D eigenvalue weighted by Crippen LogP contribution is 2.39. The third-order valence-electron chi connectivity index (χ3n) is 4.33. The Kier molecular flexibility index (Phi) is 3.38. The van der Waals surface area contributed by atoms with Gasteiger partial charge in [-0.25, -0.2) is 4.98 Å². The van der Waals surface area contributed by atoms with Gasteiger partial charge in [0, 0.05) is 12.6 Å². The lowest BCUT2D eigenvalue weighted by molar-refractivity contribution is -0.0620. The monoisotopic (exact) mass is 234 g/mol. The summed E-state index contributed by atoms with van der Waals surface area (Å²) in [4.78, 5) is 3.99. The number of pyridine rings is 1. The maximum atomic E-state index is 10.8. The average molecular weight is 234 g/mol. The molecule has 0 bridgehead atoms. The van der Waals surface area contributed by atoms with Gasteiger partial charge in [0.2, 0.25) is 0 Å². The van der Waals surface area contributed by atoms with Crippen molar-refractivity contribution in [2.24, 2.45) is 11.8 Å². The third-order valence-corrected chi connectivity index (χ3v) is 4.33. The first-order valence-corrected chi connectivity index (χ1v) is 6.44. The summed E-state index contributed by atoms with van der Waals surface area (Å²) in [5, 5.41) is 10.8. The summed E-state index contributed by atoms with van der Waals surface area (Å²) in [5.41, 5.74) is 6.18. The summed E-state index contributed by atoms with van der Waals surface area (Å²) >= 11 is 0. The molecule has 1 saturated carbocycles. The zero-order valence-electron chi connectivity index (χ0n) is 10.7. The van der Waals surface area contributed by atoms with Crippen LogP contribution in [-0.2, 0) is 6.42 Å². The molecule has 0 aromatic carbocycles. The number of rotatable bonds is 2. The van der Waals surface area contributed by atoms with Gasteiger partial charge in [-0.2, -0.15) is 0 Å². The highest BCUT2D eigenvalue weighted by molar-refractivity contribution is 5.32. The van der Waals surface area contributed by atoms with E-state index in [0.29, 0.717) is 24.1 Å². The predicted molar refractivity (Wildman–Crippen MR) is 69.5 cm³/mol. The van der Waals surface area contributed by atoms with Crippen molar-refractivity contribution in [2.45, 2.75) is 45.1 Å². The number of aromatic nitrogens is 1. The third kappa shape index (κ3) is 2.60. The number of hydrogen-bond donors (Lipinski definition) is 2. The molecule has 1 heterocycles. The number of aliphatic hydroxyl groups is 1. The minimum atomic E-state index is -0.578. The molecule has 3 heteroatoms. The zero-order chi connectivity index (χ0) is 12.5. The number of hydrogen-bond acceptors (Lipinski definition) is 3. The fraction of sp³-hybridized carbons (Fsp3) is 0.643. The van der Waals surface area contributed by atoms with Gasteiger partial charge in [-0.15, -0.1) is 0 Å². The molecule has 3 unspecified atom stereocenters. The molecule has 0 saturated heterocycles. The molecule has 1 fully saturated rings. The van der Waals surface area contributed by atoms with Gasteiger partial charge in [0.05, 0.1) is 5.60 Å². The van der Waals surface area contributed by atoms with Crippen molar-refractivity contribution < 1.29 is 5.11 Å². The summed E-state index contributed by atoms with van der Waals surface area (Å²) in [6.45, 7) is 4.39. The molecule has 0 radical (unpaired) electrons. The van der Waals surface area contributed by atoms with Crippen molar-refractivity contribution in [3.05, 3.63) is 23.9 Å². The van der Waals surface area contributed by atoms with E-state index >= 15 is 0 Å². The first-order valence-electron chi connectivity index (χ1n) is 6.44. The zero-order valence-corrected chi connectivity index (χ0v) is 10.7. The van der Waals surface area contributed by atoms with E-state index in [1.165, 1.54) is 6.42 Å². The Labute approximate surface area is 103 Å². The fourth-order valence-electron chi connectivity index (χ4n) is 2.94. The maximum Gasteiger partial charge on any atom is 0.123 e. The van der Waals surface area contributed by atoms with Crippen LogP contribution in [0.3, 0.4) is 0 Å². The molecular weight excluding hydrogens is 212 g/mol. The van der Waals surface area contributed by atoms with Crippen LogP contribution in [-0.4, -0.2) is 15.7 Å². The Bertz CT molecular complexity index is 394. The van der Waals surface area contributed by atoms with Gasteiger partial charge in [-0.1, -0.05) is 26.7 Å². The summed E-state index contributed by atoms with van der Waals surface area (Å²) in [6.07, 6.45) is 5.63. The molecule has 1 aliphatic carbocycles. The van der Waals surface area contributed by atoms with Crippen molar-refractivity contribution in [1.82, 2.24) is 4.98 Å². The molecule has 3 atom stereocenters. The van der Waals surface area contributed by atoms with E-state index in [-0.39, 0.29) is 0 Å². The second-order valence-electron chi connectivity index (χ2n) is 5.53. The van der Waals surface area contributed by atoms with Gasteiger partial charge >= 0.3 is 0 Å². The van der Waals surface area contributed by atoms with Gasteiger partial charge in [-0.3, -0.25) is 0 Å². The predicted octanol–water partition coefficient (Wildman–Crippen LogP) is 2.39. The van der Waals surface area contributed by atoms with Crippen molar-refractivity contribution in [1.29, 1.82) is 0 Å². The Morgan fingerprint density at radius 3 is 3.00 bits per heavy atom. The normalized spacial score (nSPS) is 33.6. The lowest BCUT2D eigenvalue weighted by atomic mass is 9.68. The summed E-state index contributed by atoms with van der Waals surface area (Å²) in [6, 6.07) is 3.81. The maximum absolute atomic E-state index is 10.8. The molecule has 0 spiro atoms. The van der Waals surface area contributed by atoms with E-state index in [9.17, 15) is 5.11 Å². The van der Waals surface area contributed by atoms with Crippen LogP contribution in [0.2, 0.25) is 0 Å². The minimum Gasteiger partial charge on any atom is -0.389 e. The summed E-state index contributed by atoms with van der Waals surface area (Å²) < 4.78 is 0. The smallest absolute Gasteiger partial charge is 0.123 e. The molecule has 3 nitrogen and oxygen atoms in total. The van der Waals surface area contributed by atoms with Crippen LogP contribution in [0.15, 0.2) is 18.3 Å². The van der Waals surface area contributed by atoms with Crippen LogP contribution in [0.25, 0.3) is 0 Å². The number of nitrogen functional groups attached to an aromatic ring is 1. The summed E-state index contributed by atoms with van der Waals surface area (Å²) in [7, 11) is 0. The van der Waals surface area contributed by atoms with E-state index in [1.54, 1.807) is 6.20 Å². The lowest BCUT2D eigenvalue weighted by Gasteiger charge is -2.42. The molecule has 0 amide bonds. The molecule has 2 rings (SSSR count). The molecule has 94 valence electrons. The van der Waals surface area contributed by atoms with E-state index in [2.05, 4.69) is 18.8 Å². The van der Waals surface area contributed by atoms with Gasteiger partial charge < -0.3 is 10.8 Å². The first kappa shape index (κ1) is 12.4. The van der Waals surface area contributed by atoms with Crippen molar-refractivity contribution in [3.8, 4) is 0 Å². The molecular formula is C14H22N2O. The van der Waals surface area contributed by atoms with Crippen LogP contribution in [0, 0.1) is 11.8 Å². The van der Waals surface area contributed by atoms with Gasteiger partial charge in [0.25, 0.3) is 0 Å². The Morgan fingerprint density at radius 1 is 1.53 bits per heavy atom.